The maximum absolute atomic E-state index is 8.98. The molecule has 0 fully saturated rings. The molecule has 1 heterocycles. The van der Waals surface area contributed by atoms with Crippen LogP contribution < -0.4 is 0 Å². The summed E-state index contributed by atoms with van der Waals surface area (Å²) in [5, 5.41) is 12.6. The zero-order valence-corrected chi connectivity index (χ0v) is 4.94. The first-order valence-electron chi connectivity index (χ1n) is 4.01. The summed E-state index contributed by atoms with van der Waals surface area (Å²) in [5.41, 5.74) is 0. The highest BCUT2D eigenvalue weighted by Crippen LogP contribution is 2.01. The minimum atomic E-state index is -2.32. The number of hydrogen-bond donors (Lipinski definition) is 1. The van der Waals surface area contributed by atoms with Crippen molar-refractivity contribution >= 4 is 0 Å². The van der Waals surface area contributed by atoms with Crippen molar-refractivity contribution < 1.29 is 9.22 Å². The van der Waals surface area contributed by atoms with Gasteiger partial charge in [0.2, 0.25) is 0 Å². The Kier molecular flexibility index (Phi) is 0.790. The lowest BCUT2D eigenvalue weighted by Gasteiger charge is -1.93. The van der Waals surface area contributed by atoms with Crippen LogP contribution in [0.3, 0.4) is 0 Å². The minimum absolute atomic E-state index is 0.117. The van der Waals surface area contributed by atoms with Crippen molar-refractivity contribution in [3.8, 4) is 0 Å². The molecule has 0 spiro atoms. The standard InChI is InChI=1S/C5H9N3O/c1-4(9)5-6-3-8(2)7-5/h3-4,9H,1-2H3/i2D3. The van der Waals surface area contributed by atoms with Crippen LogP contribution in [-0.4, -0.2) is 19.9 Å². The molecule has 4 nitrogen and oxygen atoms in total. The number of hydrogen-bond acceptors (Lipinski definition) is 3. The fourth-order valence-electron chi connectivity index (χ4n) is 0.467. The van der Waals surface area contributed by atoms with Gasteiger partial charge in [-0.25, -0.2) is 4.98 Å². The van der Waals surface area contributed by atoms with Gasteiger partial charge in [0.05, 0.1) is 0 Å². The molecule has 1 unspecified atom stereocenters. The van der Waals surface area contributed by atoms with Crippen LogP contribution in [0, 0.1) is 0 Å². The van der Waals surface area contributed by atoms with Crippen LogP contribution in [0.15, 0.2) is 6.33 Å². The summed E-state index contributed by atoms with van der Waals surface area (Å²) in [4.78, 5) is 3.62. The van der Waals surface area contributed by atoms with Gasteiger partial charge in [0.1, 0.15) is 12.4 Å². The van der Waals surface area contributed by atoms with E-state index < -0.39 is 13.1 Å². The zero-order chi connectivity index (χ0) is 9.35. The Morgan fingerprint density at radius 2 is 2.78 bits per heavy atom. The molecular weight excluding hydrogens is 118 g/mol. The molecule has 4 heteroatoms. The number of nitrogens with zero attached hydrogens (tertiary/aromatic N) is 3. The predicted octanol–water partition coefficient (Wildman–Crippen LogP) is -0.132. The molecule has 1 aromatic rings. The Balaban J connectivity index is 2.92. The first-order valence-corrected chi connectivity index (χ1v) is 2.51. The van der Waals surface area contributed by atoms with Gasteiger partial charge in [0.25, 0.3) is 0 Å². The Bertz CT molecular complexity index is 267. The molecule has 0 saturated carbocycles. The number of aliphatic hydroxyl groups is 1. The quantitative estimate of drug-likeness (QED) is 0.576. The minimum Gasteiger partial charge on any atom is -0.385 e. The maximum Gasteiger partial charge on any atom is 0.178 e. The van der Waals surface area contributed by atoms with Crippen LogP contribution in [0.4, 0.5) is 0 Å². The lowest BCUT2D eigenvalue weighted by Crippen LogP contribution is -1.95. The molecule has 1 aromatic heterocycles. The van der Waals surface area contributed by atoms with Gasteiger partial charge in [-0.2, -0.15) is 5.10 Å². The average Bonchev–Trinajstić information content (AvgIpc) is 2.30. The van der Waals surface area contributed by atoms with E-state index in [1.54, 1.807) is 0 Å². The number of rotatable bonds is 1. The smallest absolute Gasteiger partial charge is 0.178 e. The van der Waals surface area contributed by atoms with Gasteiger partial charge in [-0.05, 0) is 6.92 Å². The molecule has 0 aliphatic heterocycles. The van der Waals surface area contributed by atoms with Crippen LogP contribution in [-0.2, 0) is 6.98 Å². The van der Waals surface area contributed by atoms with Gasteiger partial charge < -0.3 is 5.11 Å². The molecule has 0 amide bonds. The monoisotopic (exact) mass is 130 g/mol. The second-order valence-corrected chi connectivity index (χ2v) is 1.72. The van der Waals surface area contributed by atoms with E-state index in [1.807, 2.05) is 0 Å². The van der Waals surface area contributed by atoms with Gasteiger partial charge >= 0.3 is 0 Å². The normalized spacial score (nSPS) is 20.0. The molecule has 1 atom stereocenters. The third-order valence-electron chi connectivity index (χ3n) is 0.883. The van der Waals surface area contributed by atoms with Crippen molar-refractivity contribution in [1.82, 2.24) is 14.8 Å². The summed E-state index contributed by atoms with van der Waals surface area (Å²) in [5.74, 6) is 0.117. The first kappa shape index (κ1) is 3.31. The van der Waals surface area contributed by atoms with E-state index in [4.69, 9.17) is 9.22 Å². The molecule has 9 heavy (non-hydrogen) atoms. The molecule has 0 radical (unpaired) electrons. The van der Waals surface area contributed by atoms with Crippen molar-refractivity contribution in [2.45, 2.75) is 13.0 Å². The lowest BCUT2D eigenvalue weighted by molar-refractivity contribution is 0.188. The molecule has 0 aliphatic rings. The van der Waals surface area contributed by atoms with Crippen LogP contribution in [0.1, 0.15) is 23.0 Å². The Morgan fingerprint density at radius 1 is 2.00 bits per heavy atom. The average molecular weight is 130 g/mol. The lowest BCUT2D eigenvalue weighted by atomic mass is 10.4. The van der Waals surface area contributed by atoms with Crippen LogP contribution >= 0.6 is 0 Å². The van der Waals surface area contributed by atoms with Crippen LogP contribution in [0.5, 0.6) is 0 Å². The van der Waals surface area contributed by atoms with Crippen LogP contribution in [0.2, 0.25) is 0 Å². The molecular formula is C5H9N3O. The van der Waals surface area contributed by atoms with E-state index >= 15 is 0 Å². The summed E-state index contributed by atoms with van der Waals surface area (Å²) in [7, 11) is 0. The van der Waals surface area contributed by atoms with Gasteiger partial charge in [0.15, 0.2) is 5.82 Å². The van der Waals surface area contributed by atoms with Crippen molar-refractivity contribution in [2.24, 2.45) is 6.98 Å². The molecule has 0 aromatic carbocycles. The highest BCUT2D eigenvalue weighted by molar-refractivity contribution is 4.83. The number of aliphatic hydroxyl groups excluding tert-OH is 1. The summed E-state index contributed by atoms with van der Waals surface area (Å²) in [6.45, 7) is -0.848. The van der Waals surface area contributed by atoms with E-state index in [0.717, 1.165) is 11.0 Å². The predicted molar refractivity (Wildman–Crippen MR) is 31.6 cm³/mol. The molecule has 1 N–H and O–H groups in total. The highest BCUT2D eigenvalue weighted by Gasteiger charge is 2.03. The van der Waals surface area contributed by atoms with Gasteiger partial charge in [-0.1, -0.05) is 0 Å². The Morgan fingerprint density at radius 3 is 3.11 bits per heavy atom. The summed E-state index contributed by atoms with van der Waals surface area (Å²) in [6, 6.07) is 0. The molecule has 0 saturated heterocycles. The highest BCUT2D eigenvalue weighted by atomic mass is 16.3. The van der Waals surface area contributed by atoms with E-state index in [1.165, 1.54) is 6.92 Å². The molecule has 50 valence electrons. The van der Waals surface area contributed by atoms with E-state index in [0.29, 0.717) is 0 Å². The van der Waals surface area contributed by atoms with Gasteiger partial charge in [-0.15, -0.1) is 0 Å². The summed E-state index contributed by atoms with van der Waals surface area (Å²) in [6.07, 6.45) is 0.239. The fraction of sp³-hybridized carbons (Fsp3) is 0.600. The van der Waals surface area contributed by atoms with Crippen LogP contribution in [0.25, 0.3) is 0 Å². The number of aromatic nitrogens is 3. The topological polar surface area (TPSA) is 50.9 Å². The summed E-state index contributed by atoms with van der Waals surface area (Å²) >= 11 is 0. The zero-order valence-electron chi connectivity index (χ0n) is 7.94. The maximum atomic E-state index is 8.98. The van der Waals surface area contributed by atoms with E-state index in [2.05, 4.69) is 10.1 Å². The largest absolute Gasteiger partial charge is 0.385 e. The second kappa shape index (κ2) is 2.14. The Hall–Kier alpha value is -0.900. The van der Waals surface area contributed by atoms with Gasteiger partial charge in [-0.3, -0.25) is 4.68 Å². The molecule has 1 rings (SSSR count). The van der Waals surface area contributed by atoms with E-state index in [9.17, 15) is 0 Å². The van der Waals surface area contributed by atoms with Crippen molar-refractivity contribution in [3.05, 3.63) is 12.2 Å². The second-order valence-electron chi connectivity index (χ2n) is 1.72. The van der Waals surface area contributed by atoms with Crippen molar-refractivity contribution in [2.75, 3.05) is 0 Å². The van der Waals surface area contributed by atoms with E-state index in [-0.39, 0.29) is 5.82 Å². The van der Waals surface area contributed by atoms with Crippen molar-refractivity contribution in [1.29, 1.82) is 0 Å². The molecule has 0 aliphatic carbocycles. The van der Waals surface area contributed by atoms with Gasteiger partial charge in [0, 0.05) is 11.1 Å². The fourth-order valence-corrected chi connectivity index (χ4v) is 0.467. The first-order chi connectivity index (χ1) is 5.41. The number of aryl methyl sites for hydroxylation is 1. The summed E-state index contributed by atoms with van der Waals surface area (Å²) < 4.78 is 21.6. The Labute approximate surface area is 57.4 Å². The SMILES string of the molecule is [2H]C([2H])([2H])n1cnc(C(C)O)n1. The third kappa shape index (κ3) is 1.26. The molecule has 0 bridgehead atoms. The van der Waals surface area contributed by atoms with Crippen molar-refractivity contribution in [3.63, 3.8) is 0 Å². The third-order valence-corrected chi connectivity index (χ3v) is 0.883.